The van der Waals surface area contributed by atoms with Crippen LogP contribution in [0.3, 0.4) is 0 Å². The Kier molecular flexibility index (Phi) is 2.85. The van der Waals surface area contributed by atoms with Crippen LogP contribution in [0.15, 0.2) is 11.6 Å². The van der Waals surface area contributed by atoms with Crippen LogP contribution in [0, 0.1) is 29.1 Å². The molecule has 1 heterocycles. The zero-order valence-electron chi connectivity index (χ0n) is 12.5. The van der Waals surface area contributed by atoms with Gasteiger partial charge in [-0.05, 0) is 67.6 Å². The minimum Gasteiger partial charge on any atom is -0.378 e. The van der Waals surface area contributed by atoms with Gasteiger partial charge in [-0.1, -0.05) is 31.9 Å². The highest BCUT2D eigenvalue weighted by Gasteiger charge is 2.48. The van der Waals surface area contributed by atoms with Crippen molar-refractivity contribution >= 4 is 0 Å². The molecular formula is C18H28O. The molecule has 1 nitrogen and oxygen atoms in total. The number of hydrogen-bond acceptors (Lipinski definition) is 1. The fraction of sp³-hybridized carbons (Fsp3) is 0.889. The highest BCUT2D eigenvalue weighted by molar-refractivity contribution is 5.19. The van der Waals surface area contributed by atoms with Crippen LogP contribution in [0.2, 0.25) is 0 Å². The molecule has 5 unspecified atom stereocenters. The van der Waals surface area contributed by atoms with Crippen molar-refractivity contribution in [3.8, 4) is 0 Å². The van der Waals surface area contributed by atoms with E-state index in [4.69, 9.17) is 4.74 Å². The lowest BCUT2D eigenvalue weighted by molar-refractivity contribution is -0.0966. The Morgan fingerprint density at radius 2 is 2.00 bits per heavy atom. The molecule has 4 aliphatic rings. The Balaban J connectivity index is 1.59. The number of hydrogen-bond donors (Lipinski definition) is 0. The van der Waals surface area contributed by atoms with Crippen molar-refractivity contribution in [2.75, 3.05) is 6.61 Å². The fourth-order valence-corrected chi connectivity index (χ4v) is 5.60. The smallest absolute Gasteiger partial charge is 0.0606 e. The van der Waals surface area contributed by atoms with Crippen molar-refractivity contribution < 1.29 is 4.74 Å². The van der Waals surface area contributed by atoms with Crippen LogP contribution in [0.4, 0.5) is 0 Å². The highest BCUT2D eigenvalue weighted by atomic mass is 16.5. The monoisotopic (exact) mass is 260 g/mol. The fourth-order valence-electron chi connectivity index (χ4n) is 5.60. The number of rotatable bonds is 0. The SMILES string of the molecule is CC1(C)CCC2C(=CCC3C4CCCC4OCC23)C1. The van der Waals surface area contributed by atoms with Gasteiger partial charge in [0.05, 0.1) is 12.7 Å². The molecule has 0 bridgehead atoms. The van der Waals surface area contributed by atoms with Crippen LogP contribution < -0.4 is 0 Å². The Hall–Kier alpha value is -0.300. The average Bonchev–Trinajstić information content (AvgIpc) is 2.85. The predicted octanol–water partition coefficient (Wildman–Crippen LogP) is 4.57. The minimum atomic E-state index is 0.542. The summed E-state index contributed by atoms with van der Waals surface area (Å²) in [5.41, 5.74) is 2.33. The Labute approximate surface area is 117 Å². The molecule has 0 amide bonds. The van der Waals surface area contributed by atoms with Gasteiger partial charge in [0, 0.05) is 0 Å². The van der Waals surface area contributed by atoms with Gasteiger partial charge in [0.1, 0.15) is 0 Å². The molecule has 106 valence electrons. The van der Waals surface area contributed by atoms with E-state index in [0.717, 1.165) is 30.3 Å². The topological polar surface area (TPSA) is 9.23 Å². The molecule has 19 heavy (non-hydrogen) atoms. The van der Waals surface area contributed by atoms with Crippen molar-refractivity contribution in [3.05, 3.63) is 11.6 Å². The summed E-state index contributed by atoms with van der Waals surface area (Å²) in [7, 11) is 0. The highest BCUT2D eigenvalue weighted by Crippen LogP contribution is 2.54. The molecule has 0 radical (unpaired) electrons. The van der Waals surface area contributed by atoms with E-state index in [0.29, 0.717) is 11.5 Å². The van der Waals surface area contributed by atoms with Gasteiger partial charge >= 0.3 is 0 Å². The standard InChI is InChI=1S/C18H28O/c1-18(2)9-8-13-12(10-18)6-7-14-15-4-3-5-17(15)19-11-16(13)14/h6,13-17H,3-5,7-11H2,1-2H3. The maximum Gasteiger partial charge on any atom is 0.0606 e. The zero-order valence-corrected chi connectivity index (χ0v) is 12.5. The van der Waals surface area contributed by atoms with Crippen LogP contribution >= 0.6 is 0 Å². The van der Waals surface area contributed by atoms with Gasteiger partial charge in [0.2, 0.25) is 0 Å². The summed E-state index contributed by atoms with van der Waals surface area (Å²) in [6, 6.07) is 0. The lowest BCUT2D eigenvalue weighted by atomic mass is 9.58. The second kappa shape index (κ2) is 4.35. The molecule has 0 spiro atoms. The normalized spacial score (nSPS) is 47.9. The molecule has 2 saturated carbocycles. The molecule has 0 aromatic rings. The summed E-state index contributed by atoms with van der Waals surface area (Å²) in [6.07, 6.45) is 13.0. The maximum atomic E-state index is 6.25. The molecule has 0 aromatic heterocycles. The Morgan fingerprint density at radius 1 is 1.11 bits per heavy atom. The third-order valence-corrected chi connectivity index (χ3v) is 6.57. The van der Waals surface area contributed by atoms with Crippen molar-refractivity contribution in [1.82, 2.24) is 0 Å². The first-order valence-corrected chi connectivity index (χ1v) is 8.45. The summed E-state index contributed by atoms with van der Waals surface area (Å²) >= 11 is 0. The van der Waals surface area contributed by atoms with Crippen LogP contribution in [0.1, 0.15) is 58.8 Å². The summed E-state index contributed by atoms with van der Waals surface area (Å²) in [5.74, 6) is 3.58. The van der Waals surface area contributed by atoms with Crippen LogP contribution in [-0.4, -0.2) is 12.7 Å². The van der Waals surface area contributed by atoms with E-state index in [1.807, 2.05) is 0 Å². The van der Waals surface area contributed by atoms with Crippen molar-refractivity contribution in [2.24, 2.45) is 29.1 Å². The minimum absolute atomic E-state index is 0.542. The molecule has 3 aliphatic carbocycles. The molecule has 0 aromatic carbocycles. The Bertz CT molecular complexity index is 394. The second-order valence-electron chi connectivity index (χ2n) is 8.30. The predicted molar refractivity (Wildman–Crippen MR) is 77.9 cm³/mol. The molecule has 3 fully saturated rings. The van der Waals surface area contributed by atoms with Crippen molar-refractivity contribution in [1.29, 1.82) is 0 Å². The number of fused-ring (bicyclic) bond motifs is 5. The van der Waals surface area contributed by atoms with Crippen LogP contribution in [0.25, 0.3) is 0 Å². The number of allylic oxidation sites excluding steroid dienone is 2. The van der Waals surface area contributed by atoms with E-state index < -0.39 is 0 Å². The van der Waals surface area contributed by atoms with E-state index in [2.05, 4.69) is 19.9 Å². The van der Waals surface area contributed by atoms with Gasteiger partial charge in [-0.3, -0.25) is 0 Å². The first-order valence-electron chi connectivity index (χ1n) is 8.45. The van der Waals surface area contributed by atoms with E-state index in [1.54, 1.807) is 5.57 Å². The average molecular weight is 260 g/mol. The number of ether oxygens (including phenoxy) is 1. The summed E-state index contributed by atoms with van der Waals surface area (Å²) in [4.78, 5) is 0. The molecule has 0 N–H and O–H groups in total. The zero-order chi connectivity index (χ0) is 13.0. The summed E-state index contributed by atoms with van der Waals surface area (Å²) in [6.45, 7) is 5.95. The van der Waals surface area contributed by atoms with Crippen molar-refractivity contribution in [2.45, 2.75) is 64.9 Å². The van der Waals surface area contributed by atoms with Gasteiger partial charge < -0.3 is 4.74 Å². The maximum absolute atomic E-state index is 6.25. The third kappa shape index (κ3) is 2.00. The van der Waals surface area contributed by atoms with Crippen molar-refractivity contribution in [3.63, 3.8) is 0 Å². The van der Waals surface area contributed by atoms with E-state index in [1.165, 1.54) is 44.9 Å². The first kappa shape index (κ1) is 12.4. The molecule has 5 atom stereocenters. The van der Waals surface area contributed by atoms with Gasteiger partial charge in [-0.25, -0.2) is 0 Å². The van der Waals surface area contributed by atoms with E-state index in [-0.39, 0.29) is 0 Å². The third-order valence-electron chi connectivity index (χ3n) is 6.57. The van der Waals surface area contributed by atoms with Gasteiger partial charge in [-0.2, -0.15) is 0 Å². The second-order valence-corrected chi connectivity index (χ2v) is 8.30. The summed E-state index contributed by atoms with van der Waals surface area (Å²) in [5, 5.41) is 0. The molecule has 1 aliphatic heterocycles. The quantitative estimate of drug-likeness (QED) is 0.580. The lowest BCUT2D eigenvalue weighted by Crippen LogP contribution is -2.46. The summed E-state index contributed by atoms with van der Waals surface area (Å²) < 4.78 is 6.25. The van der Waals surface area contributed by atoms with Gasteiger partial charge in [0.15, 0.2) is 0 Å². The van der Waals surface area contributed by atoms with Crippen LogP contribution in [-0.2, 0) is 4.74 Å². The lowest BCUT2D eigenvalue weighted by Gasteiger charge is -2.50. The molecular weight excluding hydrogens is 232 g/mol. The largest absolute Gasteiger partial charge is 0.378 e. The Morgan fingerprint density at radius 3 is 2.89 bits per heavy atom. The van der Waals surface area contributed by atoms with E-state index >= 15 is 0 Å². The van der Waals surface area contributed by atoms with E-state index in [9.17, 15) is 0 Å². The van der Waals surface area contributed by atoms with Crippen LogP contribution in [0.5, 0.6) is 0 Å². The first-order chi connectivity index (χ1) is 9.14. The van der Waals surface area contributed by atoms with Gasteiger partial charge in [-0.15, -0.1) is 0 Å². The molecule has 1 saturated heterocycles. The molecule has 1 heteroatoms. The molecule has 4 rings (SSSR count). The van der Waals surface area contributed by atoms with Gasteiger partial charge in [0.25, 0.3) is 0 Å².